The van der Waals surface area contributed by atoms with Gasteiger partial charge in [-0.3, -0.25) is 9.20 Å². The van der Waals surface area contributed by atoms with E-state index in [9.17, 15) is 18.0 Å². The topological polar surface area (TPSA) is 59.3 Å². The van der Waals surface area contributed by atoms with Crippen molar-refractivity contribution in [1.82, 2.24) is 19.7 Å². The zero-order valence-corrected chi connectivity index (χ0v) is 12.2. The van der Waals surface area contributed by atoms with Crippen LogP contribution in [0.4, 0.5) is 13.2 Å². The molecule has 0 aromatic carbocycles. The first-order chi connectivity index (χ1) is 10.3. The van der Waals surface area contributed by atoms with Crippen LogP contribution in [0.15, 0.2) is 12.4 Å². The minimum absolute atomic E-state index is 0.138. The van der Waals surface area contributed by atoms with Gasteiger partial charge in [0.2, 0.25) is 0 Å². The van der Waals surface area contributed by atoms with Crippen LogP contribution in [0.3, 0.4) is 0 Å². The number of alkyl halides is 3. The van der Waals surface area contributed by atoms with E-state index in [0.717, 1.165) is 0 Å². The predicted octanol–water partition coefficient (Wildman–Crippen LogP) is 2.76. The number of aromatic nitrogens is 3. The highest BCUT2D eigenvalue weighted by molar-refractivity contribution is 6.29. The Bertz CT molecular complexity index is 739. The maximum atomic E-state index is 13.0. The maximum absolute atomic E-state index is 13.0. The van der Waals surface area contributed by atoms with Gasteiger partial charge in [0, 0.05) is 5.69 Å². The Balaban J connectivity index is 1.92. The monoisotopic (exact) mass is 332 g/mol. The third-order valence-corrected chi connectivity index (χ3v) is 3.80. The summed E-state index contributed by atoms with van der Waals surface area (Å²) in [7, 11) is 0. The molecule has 0 saturated heterocycles. The first-order valence-electron chi connectivity index (χ1n) is 6.65. The van der Waals surface area contributed by atoms with Crippen molar-refractivity contribution in [3.05, 3.63) is 28.9 Å². The average Bonchev–Trinajstić information content (AvgIpc) is 3.13. The molecular weight excluding hydrogens is 321 g/mol. The van der Waals surface area contributed by atoms with E-state index < -0.39 is 24.0 Å². The van der Waals surface area contributed by atoms with Gasteiger partial charge in [0.1, 0.15) is 17.5 Å². The number of halogens is 4. The molecule has 1 fully saturated rings. The Labute approximate surface area is 128 Å². The number of carbonyl (C=O) groups excluding carboxylic acids is 1. The molecule has 2 aromatic rings. The number of nitrogens with zero attached hydrogens (tertiary/aromatic N) is 3. The number of amides is 1. The van der Waals surface area contributed by atoms with Gasteiger partial charge >= 0.3 is 6.18 Å². The van der Waals surface area contributed by atoms with E-state index in [1.807, 2.05) is 5.32 Å². The van der Waals surface area contributed by atoms with Crippen LogP contribution in [0.5, 0.6) is 0 Å². The number of hydrogen-bond acceptors (Lipinski definition) is 3. The van der Waals surface area contributed by atoms with Gasteiger partial charge in [-0.1, -0.05) is 11.6 Å². The van der Waals surface area contributed by atoms with E-state index in [0.29, 0.717) is 18.5 Å². The molecule has 1 aliphatic rings. The number of aryl methyl sites for hydroxylation is 1. The molecule has 1 saturated carbocycles. The van der Waals surface area contributed by atoms with Gasteiger partial charge in [-0.05, 0) is 31.7 Å². The molecule has 9 heteroatoms. The molecule has 2 aromatic heterocycles. The van der Waals surface area contributed by atoms with Gasteiger partial charge in [-0.25, -0.2) is 9.97 Å². The van der Waals surface area contributed by atoms with Gasteiger partial charge in [-0.15, -0.1) is 0 Å². The molecule has 1 amide bonds. The summed E-state index contributed by atoms with van der Waals surface area (Å²) in [4.78, 5) is 20.0. The lowest BCUT2D eigenvalue weighted by molar-refractivity contribution is -0.158. The van der Waals surface area contributed by atoms with E-state index in [1.54, 1.807) is 13.0 Å². The van der Waals surface area contributed by atoms with Crippen molar-refractivity contribution < 1.29 is 18.0 Å². The molecule has 2 heterocycles. The highest BCUT2D eigenvalue weighted by Crippen LogP contribution is 2.40. The minimum Gasteiger partial charge on any atom is -0.339 e. The van der Waals surface area contributed by atoms with E-state index in [2.05, 4.69) is 9.97 Å². The van der Waals surface area contributed by atoms with Gasteiger partial charge in [-0.2, -0.15) is 13.2 Å². The summed E-state index contributed by atoms with van der Waals surface area (Å²) in [6.45, 7) is 1.73. The molecule has 3 rings (SSSR count). The van der Waals surface area contributed by atoms with Crippen LogP contribution in [-0.4, -0.2) is 32.5 Å². The fraction of sp³-hybridized carbons (Fsp3) is 0.462. The lowest BCUT2D eigenvalue weighted by Gasteiger charge is -2.20. The molecule has 0 spiro atoms. The van der Waals surface area contributed by atoms with Crippen LogP contribution < -0.4 is 5.32 Å². The molecule has 5 nitrogen and oxygen atoms in total. The van der Waals surface area contributed by atoms with Crippen molar-refractivity contribution >= 4 is 23.2 Å². The van der Waals surface area contributed by atoms with E-state index in [1.165, 1.54) is 10.7 Å². The highest BCUT2D eigenvalue weighted by Gasteiger charge is 2.50. The van der Waals surface area contributed by atoms with Crippen molar-refractivity contribution in [3.8, 4) is 0 Å². The standard InChI is InChI=1S/C13H12ClF3N4O/c1-6-4-8(14)19-11-9(18-5-21(6)11)12(22)20-10(7-2-3-7)13(15,16)17/h4-5,7,10H,2-3H2,1H3,(H,20,22)/t10-/m1/s1. The Hall–Kier alpha value is -1.83. The van der Waals surface area contributed by atoms with Crippen molar-refractivity contribution in [3.63, 3.8) is 0 Å². The Morgan fingerprint density at radius 1 is 1.50 bits per heavy atom. The molecule has 0 bridgehead atoms. The van der Waals surface area contributed by atoms with Crippen molar-refractivity contribution in [1.29, 1.82) is 0 Å². The van der Waals surface area contributed by atoms with E-state index in [4.69, 9.17) is 11.6 Å². The summed E-state index contributed by atoms with van der Waals surface area (Å²) in [6.07, 6.45) is -2.23. The zero-order valence-electron chi connectivity index (χ0n) is 11.5. The summed E-state index contributed by atoms with van der Waals surface area (Å²) in [5, 5.41) is 2.18. The van der Waals surface area contributed by atoms with Crippen LogP contribution in [0.25, 0.3) is 5.65 Å². The van der Waals surface area contributed by atoms with Crippen LogP contribution in [0, 0.1) is 12.8 Å². The summed E-state index contributed by atoms with van der Waals surface area (Å²) in [5.74, 6) is -1.46. The Kier molecular flexibility index (Phi) is 3.51. The smallest absolute Gasteiger partial charge is 0.339 e. The van der Waals surface area contributed by atoms with Crippen molar-refractivity contribution in [2.24, 2.45) is 5.92 Å². The molecule has 0 aliphatic heterocycles. The predicted molar refractivity (Wildman–Crippen MR) is 72.8 cm³/mol. The molecule has 22 heavy (non-hydrogen) atoms. The molecule has 1 N–H and O–H groups in total. The third-order valence-electron chi connectivity index (χ3n) is 3.61. The van der Waals surface area contributed by atoms with E-state index >= 15 is 0 Å². The number of fused-ring (bicyclic) bond motifs is 1. The largest absolute Gasteiger partial charge is 0.408 e. The molecular formula is C13H12ClF3N4O. The molecule has 118 valence electrons. The van der Waals surface area contributed by atoms with Gasteiger partial charge in [0.25, 0.3) is 5.91 Å². The summed E-state index contributed by atoms with van der Waals surface area (Å²) in [5.41, 5.74) is 0.649. The quantitative estimate of drug-likeness (QED) is 0.879. The number of rotatable bonds is 3. The maximum Gasteiger partial charge on any atom is 0.408 e. The normalized spacial score (nSPS) is 16.8. The Morgan fingerprint density at radius 3 is 2.77 bits per heavy atom. The summed E-state index contributed by atoms with van der Waals surface area (Å²) in [6, 6.07) is -0.280. The molecule has 1 aliphatic carbocycles. The van der Waals surface area contributed by atoms with Crippen LogP contribution >= 0.6 is 11.6 Å². The average molecular weight is 333 g/mol. The summed E-state index contributed by atoms with van der Waals surface area (Å²) < 4.78 is 40.4. The minimum atomic E-state index is -4.48. The lowest BCUT2D eigenvalue weighted by atomic mass is 10.1. The number of imidazole rings is 1. The molecule has 1 atom stereocenters. The SMILES string of the molecule is Cc1cc(Cl)nc2c(C(=O)N[C@H](C3CC3)C(F)(F)F)ncn12. The van der Waals surface area contributed by atoms with E-state index in [-0.39, 0.29) is 16.5 Å². The second kappa shape index (κ2) is 5.12. The highest BCUT2D eigenvalue weighted by atomic mass is 35.5. The number of carbonyl (C=O) groups is 1. The first-order valence-corrected chi connectivity index (χ1v) is 7.03. The van der Waals surface area contributed by atoms with Gasteiger partial charge in [0.15, 0.2) is 11.3 Å². The van der Waals surface area contributed by atoms with Crippen molar-refractivity contribution in [2.45, 2.75) is 32.0 Å². The number of nitrogens with one attached hydrogen (secondary N) is 1. The third kappa shape index (κ3) is 2.75. The van der Waals surface area contributed by atoms with Gasteiger partial charge < -0.3 is 5.32 Å². The van der Waals surface area contributed by atoms with Gasteiger partial charge in [0.05, 0.1) is 0 Å². The summed E-state index contributed by atoms with van der Waals surface area (Å²) >= 11 is 5.83. The fourth-order valence-corrected chi connectivity index (χ4v) is 2.59. The second-order valence-corrected chi connectivity index (χ2v) is 5.72. The van der Waals surface area contributed by atoms with Crippen LogP contribution in [0.2, 0.25) is 5.15 Å². The van der Waals surface area contributed by atoms with Crippen LogP contribution in [0.1, 0.15) is 29.0 Å². The first kappa shape index (κ1) is 15.1. The van der Waals surface area contributed by atoms with Crippen LogP contribution in [-0.2, 0) is 0 Å². The van der Waals surface area contributed by atoms with Crippen molar-refractivity contribution in [2.75, 3.05) is 0 Å². The lowest BCUT2D eigenvalue weighted by Crippen LogP contribution is -2.47. The molecule has 0 unspecified atom stereocenters. The fourth-order valence-electron chi connectivity index (χ4n) is 2.35. The Morgan fingerprint density at radius 2 is 2.18 bits per heavy atom. The molecule has 0 radical (unpaired) electrons. The zero-order chi connectivity index (χ0) is 16.1. The second-order valence-electron chi connectivity index (χ2n) is 5.34. The number of hydrogen-bond donors (Lipinski definition) is 1.